The summed E-state index contributed by atoms with van der Waals surface area (Å²) in [7, 11) is -22.4. The molecule has 7 saturated heterocycles. The van der Waals surface area contributed by atoms with E-state index in [0.717, 1.165) is 44.9 Å². The Morgan fingerprint density at radius 3 is 1.34 bits per heavy atom. The average molecular weight is 1580 g/mol. The summed E-state index contributed by atoms with van der Waals surface area (Å²) in [4.78, 5) is 23.5. The average Bonchev–Trinajstić information content (AvgIpc) is 1.51. The number of esters is 2. The molecule has 0 spiro atoms. The summed E-state index contributed by atoms with van der Waals surface area (Å²) >= 11 is 0. The van der Waals surface area contributed by atoms with E-state index in [4.69, 9.17) is 44.5 Å². The molecular weight excluding hydrogens is 1490 g/mol. The van der Waals surface area contributed by atoms with Gasteiger partial charge in [-0.1, -0.05) is 55.4 Å². The Morgan fingerprint density at radius 1 is 0.422 bits per heavy atom. The Hall–Kier alpha value is -2.92. The van der Waals surface area contributed by atoms with Crippen molar-refractivity contribution in [3.63, 3.8) is 0 Å². The molecule has 14 saturated carbocycles. The molecule has 0 aromatic heterocycles. The van der Waals surface area contributed by atoms with Crippen molar-refractivity contribution in [2.24, 2.45) is 148 Å². The van der Waals surface area contributed by atoms with Crippen molar-refractivity contribution in [1.82, 2.24) is 0 Å². The van der Waals surface area contributed by atoms with Crippen molar-refractivity contribution in [2.75, 3.05) is 14.2 Å². The molecule has 7 aliphatic heterocycles. The van der Waals surface area contributed by atoms with Crippen molar-refractivity contribution in [1.29, 1.82) is 10.5 Å². The van der Waals surface area contributed by atoms with Gasteiger partial charge in [0.2, 0.25) is 0 Å². The van der Waals surface area contributed by atoms with Crippen LogP contribution < -0.4 is 0 Å². The van der Waals surface area contributed by atoms with Gasteiger partial charge in [-0.15, -0.1) is 0 Å². The predicted octanol–water partition coefficient (Wildman–Crippen LogP) is 5.33. The van der Waals surface area contributed by atoms with E-state index in [0.29, 0.717) is 66.6 Å². The van der Waals surface area contributed by atoms with Crippen LogP contribution in [0.5, 0.6) is 0 Å². The largest absolute Gasteiger partial charge is 0.469 e. The van der Waals surface area contributed by atoms with Gasteiger partial charge < -0.3 is 9.47 Å². The fourth-order valence-corrected chi connectivity index (χ4v) is 40.1. The minimum atomic E-state index is -4.44. The highest BCUT2D eigenvalue weighted by Gasteiger charge is 2.78. The van der Waals surface area contributed by atoms with E-state index in [2.05, 4.69) is 31.6 Å². The summed E-state index contributed by atoms with van der Waals surface area (Å²) in [6.45, 7) is 17.8. The lowest BCUT2D eigenvalue weighted by Gasteiger charge is -2.30. The number of hydrogen-bond donors (Lipinski definition) is 0. The number of rotatable bonds is 2. The van der Waals surface area contributed by atoms with Gasteiger partial charge in [0.05, 0.1) is 92.1 Å². The number of fused-ring (bicyclic) bond motifs is 7. The van der Waals surface area contributed by atoms with E-state index >= 15 is 0 Å². The number of nitriles is 2. The van der Waals surface area contributed by atoms with Crippen LogP contribution in [0.4, 0.5) is 13.2 Å². The first-order valence-corrected chi connectivity index (χ1v) is 45.8. The van der Waals surface area contributed by atoms with Crippen LogP contribution in [0.2, 0.25) is 0 Å². The Kier molecular flexibility index (Phi) is 17.2. The molecule has 0 aromatic carbocycles. The van der Waals surface area contributed by atoms with Crippen molar-refractivity contribution in [3.05, 3.63) is 0 Å². The molecule has 39 unspecified atom stereocenters. The van der Waals surface area contributed by atoms with Crippen LogP contribution in [0, 0.1) is 171 Å². The lowest BCUT2D eigenvalue weighted by Crippen LogP contribution is -2.48. The summed E-state index contributed by atoms with van der Waals surface area (Å²) in [5, 5.41) is 15.3. The molecule has 0 amide bonds. The van der Waals surface area contributed by atoms with E-state index in [1.165, 1.54) is 14.2 Å². The van der Waals surface area contributed by atoms with Gasteiger partial charge in [-0.05, 0) is 160 Å². The van der Waals surface area contributed by atoms with Crippen LogP contribution >= 0.6 is 0 Å². The number of nitrogens with zero attached hydrogens (tertiary/aromatic N) is 2. The molecule has 102 heavy (non-hydrogen) atoms. The topological polar surface area (TPSA) is 404 Å². The van der Waals surface area contributed by atoms with E-state index in [-0.39, 0.29) is 119 Å². The summed E-state index contributed by atoms with van der Waals surface area (Å²) in [5.74, 6) is -0.412. The van der Waals surface area contributed by atoms with E-state index in [1.54, 1.807) is 6.92 Å². The van der Waals surface area contributed by atoms with Gasteiger partial charge in [-0.25, -0.2) is 0 Å². The minimum absolute atomic E-state index is 0.00546. The molecule has 7 heterocycles. The maximum Gasteiger partial charge on any atom is 0.393 e. The second-order valence-corrected chi connectivity index (χ2v) is 46.7. The zero-order valence-corrected chi connectivity index (χ0v) is 63.7. The number of carbonyl (C=O) groups is 2. The summed E-state index contributed by atoms with van der Waals surface area (Å²) in [6, 6.07) is 4.15. The van der Waals surface area contributed by atoms with Crippen LogP contribution in [-0.4, -0.2) is 169 Å². The van der Waals surface area contributed by atoms with Crippen molar-refractivity contribution in [3.8, 4) is 12.1 Å². The molecule has 27 nitrogen and oxygen atoms in total. The Labute approximate surface area is 594 Å². The maximum absolute atomic E-state index is 12.9. The Morgan fingerprint density at radius 2 is 0.833 bits per heavy atom. The monoisotopic (exact) mass is 1580 g/mol. The van der Waals surface area contributed by atoms with Crippen LogP contribution in [-0.2, 0) is 119 Å². The first-order chi connectivity index (χ1) is 47.2. The number of ether oxygens (including phenoxy) is 2. The molecule has 14 bridgehead atoms. The molecule has 0 N–H and O–H groups in total. The number of carbonyl (C=O) groups excluding carboxylic acids is 2. The molecule has 21 aliphatic rings. The van der Waals surface area contributed by atoms with Gasteiger partial charge in [0.1, 0.15) is 20.5 Å². The predicted molar refractivity (Wildman–Crippen MR) is 346 cm³/mol. The van der Waals surface area contributed by atoms with Gasteiger partial charge in [-0.2, -0.15) is 82.6 Å². The highest BCUT2D eigenvalue weighted by atomic mass is 32.2. The highest BCUT2D eigenvalue weighted by molar-refractivity contribution is 7.90. The van der Waals surface area contributed by atoms with Gasteiger partial charge >= 0.3 is 18.1 Å². The molecule has 0 aromatic rings. The first-order valence-electron chi connectivity index (χ1n) is 35.7. The third-order valence-corrected chi connectivity index (χ3v) is 44.0. The SMILES string of the molecule is CC1C2CC3C1OS(=O)(=O)C3(C#N)C2.CC1C2CC3C1OS(=O)(=O)C3(C)C2.CC1C2CC3C1OS(=O)(=O)C3C2C.CC1C2CC3C1OS(=O)(=O)C3C2C#N.CC1C2CC3C1OS(=O)(=O)C3C2C(F)(F)F.COC(=O)C12CC3CC1C(OS2(=O)=O)C3C.COC(=O)C1C2CC3C(OS(=O)(=O)C31)C2C. The van der Waals surface area contributed by atoms with Crippen molar-refractivity contribution >= 4 is 82.8 Å². The lowest BCUT2D eigenvalue weighted by atomic mass is 9.79. The lowest BCUT2D eigenvalue weighted by molar-refractivity contribution is -0.190. The minimum Gasteiger partial charge on any atom is -0.469 e. The van der Waals surface area contributed by atoms with Crippen molar-refractivity contribution in [2.45, 2.75) is 211 Å². The van der Waals surface area contributed by atoms with Gasteiger partial charge in [0, 0.05) is 41.4 Å². The van der Waals surface area contributed by atoms with E-state index < -0.39 is 149 Å². The number of halogens is 3. The van der Waals surface area contributed by atoms with Crippen LogP contribution in [0.1, 0.15) is 127 Å². The standard InChI is InChI=1S/2C10H14O5S.C9H11F3O3S.2C9H11NO3S.2C9H14O3S/c1-5-6-3-7-8(5)15-16(12,13)10(7,4-6)9(11)14-2;1-4-5-3-6-8(4)15-16(12,13)9(6)7(5)10(11)14-2;1-3-4-2-5-7(3)15-16(13,14)8(5)6(4)9(10,11)12;1-5-6-2-7-8(5)13-14(11,12)9(7,3-6)4-10;1-4-5-2-6-8(4)13-14(11,12)9(6)7(5)3-10;1-5-6-3-7-8(5)12-13(10,11)9(7,2)4-6;1-4-6-3-7-8(4)12-13(10,11)9(7)5(6)2/h5-8H,3-4H2,1-2H3;4-9H,3H2,1-2H3;3-8H,2H2,1H3;5-8H,2-3H2,1H3;4-9H,2H2,1H3;5-8H,3-4H2,1-2H3;4-9H,3H2,1-2H3. The van der Waals surface area contributed by atoms with Crippen LogP contribution in [0.15, 0.2) is 0 Å². The number of methoxy groups -OCH3 is 2. The zero-order valence-electron chi connectivity index (χ0n) is 57.9. The second kappa shape index (κ2) is 23.6. The maximum atomic E-state index is 12.9. The number of alkyl halides is 3. The van der Waals surface area contributed by atoms with E-state index in [1.807, 2.05) is 40.7 Å². The summed E-state index contributed by atoms with van der Waals surface area (Å²) in [6.07, 6.45) is 1.52. The second-order valence-electron chi connectivity index (χ2n) is 34.1. The molecule has 37 heteroatoms. The molecule has 39 atom stereocenters. The van der Waals surface area contributed by atoms with Crippen LogP contribution in [0.3, 0.4) is 0 Å². The third-order valence-electron chi connectivity index (χ3n) is 30.6. The van der Waals surface area contributed by atoms with Crippen LogP contribution in [0.25, 0.3) is 0 Å². The number of hydrogen-bond acceptors (Lipinski definition) is 27. The summed E-state index contributed by atoms with van der Waals surface area (Å²) in [5.41, 5.74) is 0. The fourth-order valence-electron chi connectivity index (χ4n) is 25.7. The van der Waals surface area contributed by atoms with Gasteiger partial charge in [-0.3, -0.25) is 38.9 Å². The normalized spacial score (nSPS) is 56.2. The Bertz CT molecular complexity index is 4480. The Balaban J connectivity index is 0.0000000963. The molecule has 572 valence electrons. The first kappa shape index (κ1) is 74.5. The van der Waals surface area contributed by atoms with Gasteiger partial charge in [0.15, 0.2) is 9.49 Å². The van der Waals surface area contributed by atoms with E-state index in [9.17, 15) is 81.7 Å². The third kappa shape index (κ3) is 9.89. The fraction of sp³-hybridized carbons (Fsp3) is 0.938. The molecule has 21 fully saturated rings. The quantitative estimate of drug-likeness (QED) is 0.249. The van der Waals surface area contributed by atoms with Crippen molar-refractivity contribution < 1.29 is 120 Å². The van der Waals surface area contributed by atoms with Gasteiger partial charge in [0.25, 0.3) is 70.8 Å². The molecular formula is C65H89F3N2O25S7. The molecule has 0 radical (unpaired) electrons. The molecule has 21 rings (SSSR count). The summed E-state index contributed by atoms with van der Waals surface area (Å²) < 4.78 is 245. The smallest absolute Gasteiger partial charge is 0.393 e. The zero-order chi connectivity index (χ0) is 74.3. The highest BCUT2D eigenvalue weighted by Crippen LogP contribution is 2.69. The molecule has 14 aliphatic carbocycles.